The Balaban J connectivity index is 0.000000148. The first-order valence-corrected chi connectivity index (χ1v) is 13.9. The minimum atomic E-state index is 0.154. The van der Waals surface area contributed by atoms with Crippen LogP contribution in [0.15, 0.2) is 94.5 Å². The molecule has 0 bridgehead atoms. The molecule has 0 aliphatic rings. The van der Waals surface area contributed by atoms with E-state index in [2.05, 4.69) is 45.9 Å². The highest BCUT2D eigenvalue weighted by Crippen LogP contribution is 2.31. The molecule has 0 N–H and O–H groups in total. The van der Waals surface area contributed by atoms with Gasteiger partial charge in [-0.05, 0) is 65.4 Å². The van der Waals surface area contributed by atoms with Crippen LogP contribution in [-0.4, -0.2) is 0 Å². The zero-order chi connectivity index (χ0) is 25.4. The van der Waals surface area contributed by atoms with Gasteiger partial charge in [-0.1, -0.05) is 70.2 Å². The van der Waals surface area contributed by atoms with Crippen molar-refractivity contribution in [3.05, 3.63) is 117 Å². The molecular formula is C32H28O2S2. The lowest BCUT2D eigenvalue weighted by molar-refractivity contribution is 0.869. The summed E-state index contributed by atoms with van der Waals surface area (Å²) in [6.45, 7) is 8.63. The van der Waals surface area contributed by atoms with Crippen molar-refractivity contribution >= 4 is 63.0 Å². The summed E-state index contributed by atoms with van der Waals surface area (Å²) in [4.78, 5) is 24.9. The third kappa shape index (κ3) is 4.47. The lowest BCUT2D eigenvalue weighted by atomic mass is 10.0. The van der Waals surface area contributed by atoms with Crippen LogP contribution < -0.4 is 10.9 Å². The van der Waals surface area contributed by atoms with Crippen LogP contribution in [0.4, 0.5) is 0 Å². The second kappa shape index (κ2) is 9.96. The third-order valence-electron chi connectivity index (χ3n) is 6.52. The predicted molar refractivity (Wildman–Crippen MR) is 159 cm³/mol. The standard InChI is InChI=1S/2C16H14OS/c1-10(2)11-7-5-8-13-15(17)12-6-3-4-9-14(12)18-16(11)13;1-10(2)11-7-8-15-13(9-11)16(17)12-5-3-4-6-14(12)18-15/h2*3-10H,1-2H3. The Morgan fingerprint density at radius 2 is 1.08 bits per heavy atom. The molecule has 0 unspecified atom stereocenters. The second-order valence-corrected chi connectivity index (χ2v) is 11.8. The molecule has 2 nitrogen and oxygen atoms in total. The van der Waals surface area contributed by atoms with Crippen molar-refractivity contribution in [1.82, 2.24) is 0 Å². The first-order valence-electron chi connectivity index (χ1n) is 12.2. The molecule has 0 aliphatic heterocycles. The lowest BCUT2D eigenvalue weighted by Gasteiger charge is -2.09. The summed E-state index contributed by atoms with van der Waals surface area (Å²) in [6.07, 6.45) is 0. The maximum atomic E-state index is 12.5. The summed E-state index contributed by atoms with van der Waals surface area (Å²) >= 11 is 3.41. The number of fused-ring (bicyclic) bond motifs is 4. The molecule has 4 aromatic carbocycles. The average Bonchev–Trinajstić information content (AvgIpc) is 2.89. The van der Waals surface area contributed by atoms with Gasteiger partial charge in [-0.25, -0.2) is 0 Å². The van der Waals surface area contributed by atoms with E-state index in [1.807, 2.05) is 66.7 Å². The molecule has 0 fully saturated rings. The van der Waals surface area contributed by atoms with Gasteiger partial charge < -0.3 is 0 Å². The second-order valence-electron chi connectivity index (χ2n) is 9.64. The van der Waals surface area contributed by atoms with E-state index in [0.717, 1.165) is 40.3 Å². The zero-order valence-corrected chi connectivity index (χ0v) is 22.5. The molecule has 180 valence electrons. The molecule has 0 spiro atoms. The highest BCUT2D eigenvalue weighted by molar-refractivity contribution is 7.25. The Kier molecular flexibility index (Phi) is 6.74. The number of hydrogen-bond donors (Lipinski definition) is 0. The fraction of sp³-hybridized carbons (Fsp3) is 0.188. The van der Waals surface area contributed by atoms with Crippen molar-refractivity contribution in [2.45, 2.75) is 39.5 Å². The average molecular weight is 509 g/mol. The van der Waals surface area contributed by atoms with E-state index in [-0.39, 0.29) is 10.9 Å². The van der Waals surface area contributed by atoms with Crippen LogP contribution in [0.3, 0.4) is 0 Å². The smallest absolute Gasteiger partial charge is 0.195 e. The van der Waals surface area contributed by atoms with Gasteiger partial charge in [0.15, 0.2) is 10.9 Å². The van der Waals surface area contributed by atoms with Gasteiger partial charge in [-0.2, -0.15) is 0 Å². The number of rotatable bonds is 2. The van der Waals surface area contributed by atoms with Crippen molar-refractivity contribution in [2.24, 2.45) is 0 Å². The van der Waals surface area contributed by atoms with Crippen LogP contribution in [0.1, 0.15) is 50.7 Å². The van der Waals surface area contributed by atoms with Crippen LogP contribution in [0, 0.1) is 0 Å². The lowest BCUT2D eigenvalue weighted by Crippen LogP contribution is -2.02. The Morgan fingerprint density at radius 3 is 1.72 bits per heavy atom. The van der Waals surface area contributed by atoms with E-state index in [4.69, 9.17) is 0 Å². The molecule has 0 atom stereocenters. The molecule has 36 heavy (non-hydrogen) atoms. The Morgan fingerprint density at radius 1 is 0.528 bits per heavy atom. The van der Waals surface area contributed by atoms with Crippen molar-refractivity contribution in [2.75, 3.05) is 0 Å². The summed E-state index contributed by atoms with van der Waals surface area (Å²) in [7, 11) is 0. The maximum Gasteiger partial charge on any atom is 0.195 e. The molecule has 0 saturated heterocycles. The highest BCUT2D eigenvalue weighted by Gasteiger charge is 2.11. The van der Waals surface area contributed by atoms with E-state index in [1.165, 1.54) is 11.1 Å². The third-order valence-corrected chi connectivity index (χ3v) is 8.91. The van der Waals surface area contributed by atoms with Gasteiger partial charge in [0.05, 0.1) is 0 Å². The van der Waals surface area contributed by atoms with Crippen LogP contribution in [0.2, 0.25) is 0 Å². The first-order chi connectivity index (χ1) is 17.3. The predicted octanol–water partition coefficient (Wildman–Crippen LogP) is 9.08. The fourth-order valence-electron chi connectivity index (χ4n) is 4.48. The molecular weight excluding hydrogens is 480 g/mol. The topological polar surface area (TPSA) is 34.1 Å². The molecule has 0 saturated carbocycles. The molecule has 0 radical (unpaired) electrons. The fourth-order valence-corrected chi connectivity index (χ4v) is 6.86. The van der Waals surface area contributed by atoms with E-state index >= 15 is 0 Å². The Bertz CT molecular complexity index is 1810. The number of benzene rings is 4. The Hall–Kier alpha value is -3.34. The van der Waals surface area contributed by atoms with Gasteiger partial charge in [0, 0.05) is 40.3 Å². The summed E-state index contributed by atoms with van der Waals surface area (Å²) in [5, 5.41) is 3.36. The van der Waals surface area contributed by atoms with Crippen molar-refractivity contribution < 1.29 is 0 Å². The van der Waals surface area contributed by atoms with Gasteiger partial charge in [0.25, 0.3) is 0 Å². The SMILES string of the molecule is CC(C)c1ccc2sc3ccccc3c(=O)c2c1.CC(C)c1cccc2c(=O)c3ccccc3sc12. The van der Waals surface area contributed by atoms with E-state index in [1.54, 1.807) is 22.7 Å². The van der Waals surface area contributed by atoms with Crippen molar-refractivity contribution in [3.8, 4) is 0 Å². The molecule has 4 heteroatoms. The van der Waals surface area contributed by atoms with Crippen molar-refractivity contribution in [1.29, 1.82) is 0 Å². The number of hydrogen-bond acceptors (Lipinski definition) is 4. The Labute approximate surface area is 218 Å². The summed E-state index contributed by atoms with van der Waals surface area (Å²) in [6, 6.07) is 28.0. The summed E-state index contributed by atoms with van der Waals surface area (Å²) in [5.74, 6) is 0.885. The zero-order valence-electron chi connectivity index (χ0n) is 20.9. The quantitative estimate of drug-likeness (QED) is 0.219. The minimum absolute atomic E-state index is 0.154. The molecule has 2 aromatic heterocycles. The van der Waals surface area contributed by atoms with E-state index < -0.39 is 0 Å². The molecule has 2 heterocycles. The molecule has 6 rings (SSSR count). The van der Waals surface area contributed by atoms with Crippen molar-refractivity contribution in [3.63, 3.8) is 0 Å². The largest absolute Gasteiger partial charge is 0.289 e. The minimum Gasteiger partial charge on any atom is -0.289 e. The maximum absolute atomic E-state index is 12.5. The molecule has 6 aromatic rings. The van der Waals surface area contributed by atoms with Crippen LogP contribution in [0.25, 0.3) is 40.3 Å². The van der Waals surface area contributed by atoms with Gasteiger partial charge in [-0.3, -0.25) is 9.59 Å². The van der Waals surface area contributed by atoms with E-state index in [9.17, 15) is 9.59 Å². The summed E-state index contributed by atoms with van der Waals surface area (Å²) < 4.78 is 4.34. The van der Waals surface area contributed by atoms with E-state index in [0.29, 0.717) is 11.8 Å². The van der Waals surface area contributed by atoms with Crippen LogP contribution in [0.5, 0.6) is 0 Å². The van der Waals surface area contributed by atoms with Crippen LogP contribution in [-0.2, 0) is 0 Å². The normalized spacial score (nSPS) is 11.5. The van der Waals surface area contributed by atoms with Gasteiger partial charge in [0.1, 0.15) is 0 Å². The molecule has 0 aliphatic carbocycles. The highest BCUT2D eigenvalue weighted by atomic mass is 32.1. The van der Waals surface area contributed by atoms with Gasteiger partial charge in [0.2, 0.25) is 0 Å². The first kappa shape index (κ1) is 24.4. The van der Waals surface area contributed by atoms with Gasteiger partial charge >= 0.3 is 0 Å². The summed E-state index contributed by atoms with van der Waals surface area (Å²) in [5.41, 5.74) is 2.80. The molecule has 0 amide bonds. The van der Waals surface area contributed by atoms with Gasteiger partial charge in [-0.15, -0.1) is 22.7 Å². The van der Waals surface area contributed by atoms with Crippen LogP contribution >= 0.6 is 22.7 Å². The monoisotopic (exact) mass is 508 g/mol.